The summed E-state index contributed by atoms with van der Waals surface area (Å²) >= 11 is 0. The van der Waals surface area contributed by atoms with Crippen LogP contribution in [0.1, 0.15) is 25.7 Å². The third-order valence-corrected chi connectivity index (χ3v) is 3.24. The normalized spacial score (nSPS) is 20.1. The summed E-state index contributed by atoms with van der Waals surface area (Å²) < 4.78 is 0. The van der Waals surface area contributed by atoms with E-state index in [4.69, 9.17) is 4.99 Å². The van der Waals surface area contributed by atoms with Crippen LogP contribution in [0.3, 0.4) is 0 Å². The zero-order chi connectivity index (χ0) is 13.5. The molecule has 0 fully saturated rings. The molecule has 3 heteroatoms. The first kappa shape index (κ1) is 13.5. The molecule has 0 radical (unpaired) electrons. The largest absolute Gasteiger partial charge is 0.373 e. The molecule has 0 saturated heterocycles. The molecule has 100 valence electrons. The molecule has 0 aromatic rings. The zero-order valence-electron chi connectivity index (χ0n) is 11.7. The molecule has 0 aliphatic heterocycles. The van der Waals surface area contributed by atoms with E-state index < -0.39 is 0 Å². The van der Waals surface area contributed by atoms with Crippen molar-refractivity contribution in [2.45, 2.75) is 25.7 Å². The quantitative estimate of drug-likeness (QED) is 0.597. The minimum absolute atomic E-state index is 0.802. The van der Waals surface area contributed by atoms with Gasteiger partial charge in [0.05, 0.1) is 0 Å². The van der Waals surface area contributed by atoms with Gasteiger partial charge in [-0.05, 0) is 31.3 Å². The molecule has 2 rings (SSSR count). The maximum Gasteiger partial charge on any atom is 0.156 e. The van der Waals surface area contributed by atoms with Gasteiger partial charge in [0.2, 0.25) is 0 Å². The number of hydrogen-bond donors (Lipinski definition) is 1. The molecule has 0 unspecified atom stereocenters. The molecule has 0 heterocycles. The van der Waals surface area contributed by atoms with Crippen LogP contribution in [0, 0.1) is 0 Å². The van der Waals surface area contributed by atoms with Gasteiger partial charge in [0.15, 0.2) is 5.84 Å². The fraction of sp³-hybridized carbons (Fsp3) is 0.375. The lowest BCUT2D eigenvalue weighted by Gasteiger charge is -2.13. The highest BCUT2D eigenvalue weighted by molar-refractivity contribution is 6.12. The van der Waals surface area contributed by atoms with E-state index in [0.29, 0.717) is 0 Å². The van der Waals surface area contributed by atoms with E-state index in [2.05, 4.69) is 46.8 Å². The maximum atomic E-state index is 4.69. The van der Waals surface area contributed by atoms with Gasteiger partial charge < -0.3 is 5.32 Å². The van der Waals surface area contributed by atoms with Crippen LogP contribution in [0.2, 0.25) is 0 Å². The van der Waals surface area contributed by atoms with Crippen molar-refractivity contribution in [2.24, 2.45) is 9.98 Å². The van der Waals surface area contributed by atoms with Crippen LogP contribution < -0.4 is 5.32 Å². The highest BCUT2D eigenvalue weighted by Gasteiger charge is 2.10. The van der Waals surface area contributed by atoms with E-state index in [1.807, 2.05) is 7.05 Å². The van der Waals surface area contributed by atoms with Gasteiger partial charge in [-0.3, -0.25) is 4.99 Å². The second-order valence-corrected chi connectivity index (χ2v) is 4.56. The molecule has 19 heavy (non-hydrogen) atoms. The van der Waals surface area contributed by atoms with Crippen LogP contribution in [0.15, 0.2) is 57.6 Å². The molecule has 0 saturated carbocycles. The number of likely N-dealkylation sites (N-methyl/N-ethyl adjacent to an activating group) is 1. The Bertz CT molecular complexity index is 502. The number of hydrogen-bond acceptors (Lipinski definition) is 1. The predicted molar refractivity (Wildman–Crippen MR) is 82.8 cm³/mol. The van der Waals surface area contributed by atoms with E-state index in [1.165, 1.54) is 5.57 Å². The minimum Gasteiger partial charge on any atom is -0.373 e. The van der Waals surface area contributed by atoms with Gasteiger partial charge in [-0.15, -0.1) is 0 Å². The second kappa shape index (κ2) is 6.88. The van der Waals surface area contributed by atoms with Crippen LogP contribution in [0.5, 0.6) is 0 Å². The summed E-state index contributed by atoms with van der Waals surface area (Å²) in [7, 11) is 3.71. The Morgan fingerprint density at radius 2 is 2.11 bits per heavy atom. The van der Waals surface area contributed by atoms with Crippen molar-refractivity contribution in [2.75, 3.05) is 14.1 Å². The fourth-order valence-corrected chi connectivity index (χ4v) is 2.22. The molecule has 2 aliphatic carbocycles. The SMILES string of the molecule is CN=C(/N=C(\NC)C1=CC=CCC1)C1=CCCC=C1. The predicted octanol–water partition coefficient (Wildman–Crippen LogP) is 3.19. The minimum atomic E-state index is 0.802. The van der Waals surface area contributed by atoms with E-state index in [1.54, 1.807) is 7.05 Å². The lowest BCUT2D eigenvalue weighted by molar-refractivity contribution is 0.982. The molecule has 0 aromatic carbocycles. The van der Waals surface area contributed by atoms with Crippen LogP contribution in [-0.4, -0.2) is 25.8 Å². The molecule has 3 nitrogen and oxygen atoms in total. The first-order chi connectivity index (χ1) is 9.35. The standard InChI is InChI=1S/C16H21N3/c1-17-15(13-9-5-3-6-10-13)19-16(18-2)14-11-7-4-8-12-14/h3,5,7,9,11-12H,4,6,8,10H2,1-2H3,(H,17,18,19). The van der Waals surface area contributed by atoms with Crippen LogP contribution in [-0.2, 0) is 0 Å². The van der Waals surface area contributed by atoms with Gasteiger partial charge in [-0.1, -0.05) is 36.5 Å². The highest BCUT2D eigenvalue weighted by Crippen LogP contribution is 2.16. The Labute approximate surface area is 115 Å². The monoisotopic (exact) mass is 255 g/mol. The van der Waals surface area contributed by atoms with Crippen LogP contribution >= 0.6 is 0 Å². The lowest BCUT2D eigenvalue weighted by Crippen LogP contribution is -2.23. The van der Waals surface area contributed by atoms with Crippen molar-refractivity contribution in [3.63, 3.8) is 0 Å². The molecule has 0 spiro atoms. The average Bonchev–Trinajstić information content (AvgIpc) is 2.50. The second-order valence-electron chi connectivity index (χ2n) is 4.56. The summed E-state index contributed by atoms with van der Waals surface area (Å²) in [5, 5.41) is 3.19. The van der Waals surface area contributed by atoms with Gasteiger partial charge in [-0.2, -0.15) is 0 Å². The van der Waals surface area contributed by atoms with Gasteiger partial charge >= 0.3 is 0 Å². The maximum absolute atomic E-state index is 4.69. The Morgan fingerprint density at radius 3 is 2.68 bits per heavy atom. The number of allylic oxidation sites excluding steroid dienone is 5. The topological polar surface area (TPSA) is 36.8 Å². The van der Waals surface area contributed by atoms with Crippen molar-refractivity contribution >= 4 is 11.7 Å². The van der Waals surface area contributed by atoms with Gasteiger partial charge in [0.1, 0.15) is 5.84 Å². The molecular formula is C16H21N3. The van der Waals surface area contributed by atoms with Gasteiger partial charge in [-0.25, -0.2) is 4.99 Å². The molecule has 0 atom stereocenters. The number of amidine groups is 2. The van der Waals surface area contributed by atoms with Crippen molar-refractivity contribution in [1.29, 1.82) is 0 Å². The van der Waals surface area contributed by atoms with E-state index in [9.17, 15) is 0 Å². The van der Waals surface area contributed by atoms with Gasteiger partial charge in [0.25, 0.3) is 0 Å². The zero-order valence-corrected chi connectivity index (χ0v) is 11.7. The number of nitrogens with one attached hydrogen (secondary N) is 1. The lowest BCUT2D eigenvalue weighted by atomic mass is 10.0. The first-order valence-corrected chi connectivity index (χ1v) is 6.81. The van der Waals surface area contributed by atoms with Crippen molar-refractivity contribution < 1.29 is 0 Å². The van der Waals surface area contributed by atoms with Gasteiger partial charge in [0, 0.05) is 19.7 Å². The number of nitrogens with zero attached hydrogens (tertiary/aromatic N) is 2. The number of aliphatic imine (C=N–C) groups is 2. The van der Waals surface area contributed by atoms with Crippen molar-refractivity contribution in [3.8, 4) is 0 Å². The Morgan fingerprint density at radius 1 is 1.21 bits per heavy atom. The summed E-state index contributed by atoms with van der Waals surface area (Å²) in [6, 6.07) is 0. The molecule has 0 bridgehead atoms. The van der Waals surface area contributed by atoms with Crippen molar-refractivity contribution in [1.82, 2.24) is 5.32 Å². The number of rotatable bonds is 2. The van der Waals surface area contributed by atoms with E-state index >= 15 is 0 Å². The highest BCUT2D eigenvalue weighted by atomic mass is 15.0. The molecule has 1 N–H and O–H groups in total. The third-order valence-electron chi connectivity index (χ3n) is 3.24. The summed E-state index contributed by atoms with van der Waals surface area (Å²) in [6.07, 6.45) is 17.2. The Balaban J connectivity index is 2.25. The molecule has 0 aromatic heterocycles. The molecule has 0 amide bonds. The van der Waals surface area contributed by atoms with Crippen LogP contribution in [0.4, 0.5) is 0 Å². The third kappa shape index (κ3) is 3.53. The van der Waals surface area contributed by atoms with Crippen molar-refractivity contribution in [3.05, 3.63) is 47.6 Å². The summed E-state index contributed by atoms with van der Waals surface area (Å²) in [4.78, 5) is 9.01. The first-order valence-electron chi connectivity index (χ1n) is 6.81. The molecular weight excluding hydrogens is 234 g/mol. The summed E-state index contributed by atoms with van der Waals surface area (Å²) in [5.74, 6) is 1.72. The molecule has 2 aliphatic rings. The smallest absolute Gasteiger partial charge is 0.156 e. The van der Waals surface area contributed by atoms with E-state index in [0.717, 1.165) is 42.9 Å². The fourth-order valence-electron chi connectivity index (χ4n) is 2.22. The summed E-state index contributed by atoms with van der Waals surface area (Å²) in [6.45, 7) is 0. The van der Waals surface area contributed by atoms with E-state index in [-0.39, 0.29) is 0 Å². The Hall–Kier alpha value is -1.90. The average molecular weight is 255 g/mol. The van der Waals surface area contributed by atoms with Crippen LogP contribution in [0.25, 0.3) is 0 Å². The Kier molecular flexibility index (Phi) is 4.90. The summed E-state index contributed by atoms with van der Waals surface area (Å²) in [5.41, 5.74) is 2.36.